The van der Waals surface area contributed by atoms with E-state index in [1.165, 1.54) is 0 Å². The second-order valence-corrected chi connectivity index (χ2v) is 9.41. The van der Waals surface area contributed by atoms with Crippen molar-refractivity contribution in [2.75, 3.05) is 13.2 Å². The Balaban J connectivity index is 2.64. The number of carbonyl (C=O) groups excluding carboxylic acids is 4. The van der Waals surface area contributed by atoms with Crippen LogP contribution in [0.4, 0.5) is 4.79 Å². The predicted octanol–water partition coefficient (Wildman–Crippen LogP) is 3.93. The van der Waals surface area contributed by atoms with E-state index in [0.29, 0.717) is 6.42 Å². The Morgan fingerprint density at radius 3 is 2.21 bits per heavy atom. The van der Waals surface area contributed by atoms with Crippen LogP contribution in [0.5, 0.6) is 0 Å². The molecule has 0 aromatic heterocycles. The average Bonchev–Trinajstić information content (AvgIpc) is 2.76. The van der Waals surface area contributed by atoms with Crippen LogP contribution < -0.4 is 5.32 Å². The maximum Gasteiger partial charge on any atom is 0.407 e. The van der Waals surface area contributed by atoms with Gasteiger partial charge in [0.2, 0.25) is 6.10 Å². The molecule has 1 N–H and O–H groups in total. The van der Waals surface area contributed by atoms with Gasteiger partial charge >= 0.3 is 24.0 Å². The minimum Gasteiger partial charge on any atom is -0.465 e. The molecule has 34 heavy (non-hydrogen) atoms. The van der Waals surface area contributed by atoms with Gasteiger partial charge in [0.1, 0.15) is 18.8 Å². The number of carbonyl (C=O) groups is 4. The number of esters is 3. The van der Waals surface area contributed by atoms with E-state index in [9.17, 15) is 19.2 Å². The molecule has 1 rings (SSSR count). The maximum atomic E-state index is 12.6. The van der Waals surface area contributed by atoms with E-state index in [-0.39, 0.29) is 32.6 Å². The zero-order chi connectivity index (χ0) is 25.8. The van der Waals surface area contributed by atoms with Crippen molar-refractivity contribution in [2.24, 2.45) is 5.41 Å². The lowest BCUT2D eigenvalue weighted by atomic mass is 9.91. The molecule has 0 aliphatic rings. The monoisotopic (exact) mass is 479 g/mol. The summed E-state index contributed by atoms with van der Waals surface area (Å²) in [6.07, 6.45) is -1.53. The molecule has 0 spiro atoms. The molecular formula is C25H37NO8. The van der Waals surface area contributed by atoms with Gasteiger partial charge in [-0.3, -0.25) is 9.59 Å². The van der Waals surface area contributed by atoms with Crippen molar-refractivity contribution < 1.29 is 38.1 Å². The molecule has 1 aromatic rings. The minimum atomic E-state index is -1.24. The first-order valence-corrected chi connectivity index (χ1v) is 11.4. The molecular weight excluding hydrogens is 442 g/mol. The summed E-state index contributed by atoms with van der Waals surface area (Å²) in [5, 5.41) is 2.52. The maximum absolute atomic E-state index is 12.6. The highest BCUT2D eigenvalue weighted by atomic mass is 16.6. The molecule has 0 aliphatic heterocycles. The lowest BCUT2D eigenvalue weighted by Crippen LogP contribution is -2.37. The van der Waals surface area contributed by atoms with Crippen LogP contribution >= 0.6 is 0 Å². The molecule has 0 bridgehead atoms. The number of ether oxygens (including phenoxy) is 4. The third kappa shape index (κ3) is 11.7. The van der Waals surface area contributed by atoms with Crippen molar-refractivity contribution in [3.8, 4) is 0 Å². The van der Waals surface area contributed by atoms with Crippen molar-refractivity contribution in [3.05, 3.63) is 35.9 Å². The van der Waals surface area contributed by atoms with E-state index in [4.69, 9.17) is 18.9 Å². The van der Waals surface area contributed by atoms with Crippen molar-refractivity contribution in [1.82, 2.24) is 5.32 Å². The predicted molar refractivity (Wildman–Crippen MR) is 125 cm³/mol. The lowest BCUT2D eigenvalue weighted by Gasteiger charge is -2.21. The van der Waals surface area contributed by atoms with Gasteiger partial charge in [-0.15, -0.1) is 0 Å². The third-order valence-corrected chi connectivity index (χ3v) is 4.81. The number of nitrogens with one attached hydrogen (secondary N) is 1. The number of amides is 1. The summed E-state index contributed by atoms with van der Waals surface area (Å²) in [6, 6.07) is 9.06. The molecule has 190 valence electrons. The summed E-state index contributed by atoms with van der Waals surface area (Å²) in [5.74, 6) is -1.88. The zero-order valence-corrected chi connectivity index (χ0v) is 21.0. The normalized spacial score (nSPS) is 12.3. The van der Waals surface area contributed by atoms with Crippen LogP contribution in [0.3, 0.4) is 0 Å². The molecule has 0 heterocycles. The second-order valence-electron chi connectivity index (χ2n) is 9.41. The van der Waals surface area contributed by atoms with Gasteiger partial charge in [-0.2, -0.15) is 0 Å². The van der Waals surface area contributed by atoms with Crippen molar-refractivity contribution in [2.45, 2.75) is 79.1 Å². The first-order chi connectivity index (χ1) is 15.8. The van der Waals surface area contributed by atoms with Crippen molar-refractivity contribution in [1.29, 1.82) is 0 Å². The Labute approximate surface area is 201 Å². The summed E-state index contributed by atoms with van der Waals surface area (Å²) in [6.45, 7) is 10.4. The molecule has 0 unspecified atom stereocenters. The summed E-state index contributed by atoms with van der Waals surface area (Å²) >= 11 is 0. The van der Waals surface area contributed by atoms with E-state index in [0.717, 1.165) is 5.56 Å². The SMILES string of the molecule is CCC(C)(C)C(=O)OCCC(=O)O[C@@H](CCNC(=O)OC(C)(C)C)C(=O)OCc1ccccc1. The largest absolute Gasteiger partial charge is 0.465 e. The number of benzene rings is 1. The molecule has 1 amide bonds. The van der Waals surface area contributed by atoms with E-state index in [1.807, 2.05) is 25.1 Å². The summed E-state index contributed by atoms with van der Waals surface area (Å²) in [4.78, 5) is 48.7. The molecule has 0 aliphatic carbocycles. The summed E-state index contributed by atoms with van der Waals surface area (Å²) in [7, 11) is 0. The first-order valence-electron chi connectivity index (χ1n) is 11.4. The van der Waals surface area contributed by atoms with Crippen LogP contribution in [0.2, 0.25) is 0 Å². The van der Waals surface area contributed by atoms with E-state index >= 15 is 0 Å². The molecule has 1 atom stereocenters. The topological polar surface area (TPSA) is 117 Å². The smallest absolute Gasteiger partial charge is 0.407 e. The van der Waals surface area contributed by atoms with Crippen LogP contribution in [0.1, 0.15) is 66.4 Å². The number of rotatable bonds is 12. The Morgan fingerprint density at radius 1 is 0.971 bits per heavy atom. The zero-order valence-electron chi connectivity index (χ0n) is 21.0. The van der Waals surface area contributed by atoms with Crippen LogP contribution in [0, 0.1) is 5.41 Å². The fourth-order valence-electron chi connectivity index (χ4n) is 2.45. The first kappa shape index (κ1) is 28.9. The van der Waals surface area contributed by atoms with Gasteiger partial charge in [0.05, 0.1) is 11.8 Å². The van der Waals surface area contributed by atoms with Gasteiger partial charge in [-0.1, -0.05) is 37.3 Å². The fraction of sp³-hybridized carbons (Fsp3) is 0.600. The van der Waals surface area contributed by atoms with Crippen molar-refractivity contribution >= 4 is 24.0 Å². The number of hydrogen-bond acceptors (Lipinski definition) is 8. The molecule has 0 saturated heterocycles. The highest BCUT2D eigenvalue weighted by molar-refractivity contribution is 5.80. The molecule has 0 radical (unpaired) electrons. The van der Waals surface area contributed by atoms with Crippen LogP contribution in [0.15, 0.2) is 30.3 Å². The quantitative estimate of drug-likeness (QED) is 0.354. The molecule has 0 fully saturated rings. The van der Waals surface area contributed by atoms with E-state index < -0.39 is 41.1 Å². The standard InChI is InChI=1S/C25H37NO8/c1-7-25(5,6)22(29)31-16-14-20(27)33-19(13-15-26-23(30)34-24(2,3)4)21(28)32-17-18-11-9-8-10-12-18/h8-12,19H,7,13-17H2,1-6H3,(H,26,30)/t19-/m0/s1. The van der Waals surface area contributed by atoms with E-state index in [2.05, 4.69) is 5.32 Å². The third-order valence-electron chi connectivity index (χ3n) is 4.81. The number of alkyl carbamates (subject to hydrolysis) is 1. The van der Waals surface area contributed by atoms with Gasteiger partial charge in [0.25, 0.3) is 0 Å². The van der Waals surface area contributed by atoms with Gasteiger partial charge in [-0.25, -0.2) is 9.59 Å². The molecule has 9 heteroatoms. The van der Waals surface area contributed by atoms with E-state index in [1.54, 1.807) is 46.8 Å². The Bertz CT molecular complexity index is 814. The minimum absolute atomic E-state index is 0.0108. The second kappa shape index (κ2) is 13.6. The number of hydrogen-bond donors (Lipinski definition) is 1. The lowest BCUT2D eigenvalue weighted by molar-refractivity contribution is -0.170. The summed E-state index contributed by atoms with van der Waals surface area (Å²) in [5.41, 5.74) is -0.548. The summed E-state index contributed by atoms with van der Waals surface area (Å²) < 4.78 is 20.9. The highest BCUT2D eigenvalue weighted by Crippen LogP contribution is 2.21. The molecule has 1 aromatic carbocycles. The molecule has 0 saturated carbocycles. The highest BCUT2D eigenvalue weighted by Gasteiger charge is 2.28. The van der Waals surface area contributed by atoms with Crippen LogP contribution in [-0.2, 0) is 39.9 Å². The van der Waals surface area contributed by atoms with Gasteiger partial charge in [0.15, 0.2) is 0 Å². The molecule has 9 nitrogen and oxygen atoms in total. The Morgan fingerprint density at radius 2 is 1.62 bits per heavy atom. The Kier molecular flexibility index (Phi) is 11.5. The van der Waals surface area contributed by atoms with Crippen LogP contribution in [-0.4, -0.2) is 48.9 Å². The van der Waals surface area contributed by atoms with Crippen molar-refractivity contribution in [3.63, 3.8) is 0 Å². The van der Waals surface area contributed by atoms with Crippen LogP contribution in [0.25, 0.3) is 0 Å². The fourth-order valence-corrected chi connectivity index (χ4v) is 2.45. The van der Waals surface area contributed by atoms with Gasteiger partial charge in [0, 0.05) is 13.0 Å². The van der Waals surface area contributed by atoms with Gasteiger partial charge < -0.3 is 24.3 Å². The average molecular weight is 480 g/mol. The Hall–Kier alpha value is -3.10. The van der Waals surface area contributed by atoms with Gasteiger partial charge in [-0.05, 0) is 46.6 Å².